The summed E-state index contributed by atoms with van der Waals surface area (Å²) >= 11 is 0. The lowest BCUT2D eigenvalue weighted by molar-refractivity contribution is 0.0966. The van der Waals surface area contributed by atoms with Gasteiger partial charge in [0.15, 0.2) is 5.78 Å². The molecule has 0 heterocycles. The molecule has 0 aliphatic heterocycles. The summed E-state index contributed by atoms with van der Waals surface area (Å²) in [4.78, 5) is 12.4. The summed E-state index contributed by atoms with van der Waals surface area (Å²) in [6, 6.07) is 17.9. The minimum Gasteiger partial charge on any atom is -0.294 e. The summed E-state index contributed by atoms with van der Waals surface area (Å²) in [7, 11) is 0. The van der Waals surface area contributed by atoms with Gasteiger partial charge in [-0.25, -0.2) is 0 Å². The molecule has 0 aliphatic carbocycles. The number of hydrogen-bond acceptors (Lipinski definition) is 1. The zero-order chi connectivity index (χ0) is 14.8. The standard InChI is InChI=1S/C19H22O/c1-14(18(20)16-8-6-5-7-9-16)15-10-12-17(13-11-15)19(2,3)4/h5-14H,1-4H3/t14-/m0/s1. The van der Waals surface area contributed by atoms with Crippen LogP contribution in [0.2, 0.25) is 0 Å². The van der Waals surface area contributed by atoms with E-state index in [2.05, 4.69) is 45.0 Å². The van der Waals surface area contributed by atoms with E-state index in [1.54, 1.807) is 0 Å². The summed E-state index contributed by atoms with van der Waals surface area (Å²) in [5.74, 6) is 0.0699. The highest BCUT2D eigenvalue weighted by Gasteiger charge is 2.18. The van der Waals surface area contributed by atoms with Crippen LogP contribution in [0.25, 0.3) is 0 Å². The lowest BCUT2D eigenvalue weighted by atomic mass is 9.85. The van der Waals surface area contributed by atoms with Crippen LogP contribution in [-0.2, 0) is 5.41 Å². The van der Waals surface area contributed by atoms with Crippen LogP contribution in [-0.4, -0.2) is 5.78 Å². The first-order valence-electron chi connectivity index (χ1n) is 7.09. The van der Waals surface area contributed by atoms with E-state index in [-0.39, 0.29) is 17.1 Å². The Morgan fingerprint density at radius 2 is 1.45 bits per heavy atom. The Balaban J connectivity index is 2.22. The summed E-state index contributed by atoms with van der Waals surface area (Å²) in [6.07, 6.45) is 0. The van der Waals surface area contributed by atoms with Crippen molar-refractivity contribution in [2.75, 3.05) is 0 Å². The predicted octanol–water partition coefficient (Wildman–Crippen LogP) is 4.97. The number of ketones is 1. The molecule has 1 atom stereocenters. The monoisotopic (exact) mass is 266 g/mol. The Hall–Kier alpha value is -1.89. The molecule has 0 bridgehead atoms. The second-order valence-corrected chi connectivity index (χ2v) is 6.32. The normalized spacial score (nSPS) is 13.0. The quantitative estimate of drug-likeness (QED) is 0.717. The molecule has 0 aliphatic rings. The van der Waals surface area contributed by atoms with Gasteiger partial charge in [0.25, 0.3) is 0 Å². The fourth-order valence-electron chi connectivity index (χ4n) is 2.28. The molecule has 1 heteroatoms. The average molecular weight is 266 g/mol. The van der Waals surface area contributed by atoms with Crippen LogP contribution in [0.5, 0.6) is 0 Å². The van der Waals surface area contributed by atoms with E-state index in [0.29, 0.717) is 0 Å². The minimum atomic E-state index is -0.105. The van der Waals surface area contributed by atoms with Gasteiger partial charge in [-0.05, 0) is 16.5 Å². The van der Waals surface area contributed by atoms with Crippen molar-refractivity contribution >= 4 is 5.78 Å². The highest BCUT2D eigenvalue weighted by molar-refractivity contribution is 6.00. The third-order valence-electron chi connectivity index (χ3n) is 3.73. The van der Waals surface area contributed by atoms with Gasteiger partial charge < -0.3 is 0 Å². The Bertz CT molecular complexity index is 573. The van der Waals surface area contributed by atoms with E-state index in [9.17, 15) is 4.79 Å². The van der Waals surface area contributed by atoms with Crippen LogP contribution >= 0.6 is 0 Å². The average Bonchev–Trinajstić information content (AvgIpc) is 2.46. The highest BCUT2D eigenvalue weighted by Crippen LogP contribution is 2.26. The first-order valence-corrected chi connectivity index (χ1v) is 7.09. The van der Waals surface area contributed by atoms with Crippen LogP contribution in [0, 0.1) is 0 Å². The summed E-state index contributed by atoms with van der Waals surface area (Å²) < 4.78 is 0. The Kier molecular flexibility index (Phi) is 4.08. The summed E-state index contributed by atoms with van der Waals surface area (Å²) in [5, 5.41) is 0. The molecule has 0 N–H and O–H groups in total. The lowest BCUT2D eigenvalue weighted by Crippen LogP contribution is -2.12. The number of benzene rings is 2. The van der Waals surface area contributed by atoms with Crippen molar-refractivity contribution < 1.29 is 4.79 Å². The zero-order valence-corrected chi connectivity index (χ0v) is 12.7. The largest absolute Gasteiger partial charge is 0.294 e. The van der Waals surface area contributed by atoms with Gasteiger partial charge in [0.1, 0.15) is 0 Å². The summed E-state index contributed by atoms with van der Waals surface area (Å²) in [6.45, 7) is 8.56. The van der Waals surface area contributed by atoms with E-state index < -0.39 is 0 Å². The van der Waals surface area contributed by atoms with Crippen molar-refractivity contribution in [2.45, 2.75) is 39.0 Å². The molecule has 0 fully saturated rings. The topological polar surface area (TPSA) is 17.1 Å². The highest BCUT2D eigenvalue weighted by atomic mass is 16.1. The van der Waals surface area contributed by atoms with Gasteiger partial charge in [-0.2, -0.15) is 0 Å². The lowest BCUT2D eigenvalue weighted by Gasteiger charge is -2.20. The number of carbonyl (C=O) groups excluding carboxylic acids is 1. The van der Waals surface area contributed by atoms with Gasteiger partial charge >= 0.3 is 0 Å². The number of Topliss-reactive ketones (excluding diaryl/α,β-unsaturated/α-hetero) is 1. The molecule has 20 heavy (non-hydrogen) atoms. The van der Waals surface area contributed by atoms with Crippen molar-refractivity contribution in [1.29, 1.82) is 0 Å². The van der Waals surface area contributed by atoms with Crippen molar-refractivity contribution in [2.24, 2.45) is 0 Å². The molecule has 104 valence electrons. The molecular weight excluding hydrogens is 244 g/mol. The smallest absolute Gasteiger partial charge is 0.170 e. The van der Waals surface area contributed by atoms with E-state index >= 15 is 0 Å². The molecule has 0 saturated heterocycles. The van der Waals surface area contributed by atoms with Gasteiger partial charge in [0.2, 0.25) is 0 Å². The van der Waals surface area contributed by atoms with Crippen LogP contribution in [0.1, 0.15) is 55.1 Å². The molecule has 0 radical (unpaired) electrons. The number of hydrogen-bond donors (Lipinski definition) is 0. The van der Waals surface area contributed by atoms with Crippen LogP contribution in [0.15, 0.2) is 54.6 Å². The Morgan fingerprint density at radius 3 is 1.95 bits per heavy atom. The van der Waals surface area contributed by atoms with Gasteiger partial charge in [-0.15, -0.1) is 0 Å². The molecule has 0 aromatic heterocycles. The Labute approximate surface area is 121 Å². The zero-order valence-electron chi connectivity index (χ0n) is 12.7. The van der Waals surface area contributed by atoms with Crippen molar-refractivity contribution in [3.05, 3.63) is 71.3 Å². The first-order chi connectivity index (χ1) is 9.39. The fraction of sp³-hybridized carbons (Fsp3) is 0.316. The third-order valence-corrected chi connectivity index (χ3v) is 3.73. The summed E-state index contributed by atoms with van der Waals surface area (Å²) in [5.41, 5.74) is 3.29. The molecule has 2 aromatic rings. The SMILES string of the molecule is C[C@H](C(=O)c1ccccc1)c1ccc(C(C)(C)C)cc1. The molecule has 0 amide bonds. The molecule has 2 aromatic carbocycles. The van der Waals surface area contributed by atoms with Crippen LogP contribution in [0.4, 0.5) is 0 Å². The van der Waals surface area contributed by atoms with Crippen LogP contribution in [0.3, 0.4) is 0 Å². The maximum Gasteiger partial charge on any atom is 0.170 e. The van der Waals surface area contributed by atoms with Crippen molar-refractivity contribution in [3.8, 4) is 0 Å². The fourth-order valence-corrected chi connectivity index (χ4v) is 2.28. The molecule has 0 unspecified atom stereocenters. The van der Waals surface area contributed by atoms with Gasteiger partial charge in [0.05, 0.1) is 0 Å². The van der Waals surface area contributed by atoms with Crippen molar-refractivity contribution in [3.63, 3.8) is 0 Å². The van der Waals surface area contributed by atoms with E-state index in [1.807, 2.05) is 37.3 Å². The Morgan fingerprint density at radius 1 is 0.900 bits per heavy atom. The van der Waals surface area contributed by atoms with E-state index in [0.717, 1.165) is 11.1 Å². The molecule has 0 saturated carbocycles. The second-order valence-electron chi connectivity index (χ2n) is 6.32. The molecule has 1 nitrogen and oxygen atoms in total. The second kappa shape index (κ2) is 5.62. The minimum absolute atomic E-state index is 0.105. The van der Waals surface area contributed by atoms with Gasteiger partial charge in [0, 0.05) is 11.5 Å². The van der Waals surface area contributed by atoms with Gasteiger partial charge in [-0.3, -0.25) is 4.79 Å². The van der Waals surface area contributed by atoms with Gasteiger partial charge in [-0.1, -0.05) is 82.3 Å². The maximum atomic E-state index is 12.4. The van der Waals surface area contributed by atoms with Crippen molar-refractivity contribution in [1.82, 2.24) is 0 Å². The third kappa shape index (κ3) is 3.16. The molecule has 2 rings (SSSR count). The molecular formula is C19H22O. The first kappa shape index (κ1) is 14.5. The van der Waals surface area contributed by atoms with E-state index in [4.69, 9.17) is 0 Å². The maximum absolute atomic E-state index is 12.4. The predicted molar refractivity (Wildman–Crippen MR) is 84.3 cm³/mol. The molecule has 0 spiro atoms. The van der Waals surface area contributed by atoms with Crippen LogP contribution < -0.4 is 0 Å². The number of rotatable bonds is 3. The van der Waals surface area contributed by atoms with E-state index in [1.165, 1.54) is 5.56 Å². The number of carbonyl (C=O) groups is 1.